The zero-order valence-electron chi connectivity index (χ0n) is 20.6. The van der Waals surface area contributed by atoms with Gasteiger partial charge in [0.1, 0.15) is 0 Å². The van der Waals surface area contributed by atoms with Crippen molar-refractivity contribution in [2.24, 2.45) is 0 Å². The van der Waals surface area contributed by atoms with E-state index in [1.54, 1.807) is 6.92 Å². The highest BCUT2D eigenvalue weighted by molar-refractivity contribution is 5.72. The van der Waals surface area contributed by atoms with Crippen molar-refractivity contribution in [2.75, 3.05) is 6.61 Å². The summed E-state index contributed by atoms with van der Waals surface area (Å²) in [5, 5.41) is 0. The summed E-state index contributed by atoms with van der Waals surface area (Å²) in [6.45, 7) is 6.41. The third kappa shape index (κ3) is 21.5. The molecule has 31 heavy (non-hydrogen) atoms. The lowest BCUT2D eigenvalue weighted by Crippen LogP contribution is -2.16. The molecule has 0 spiro atoms. The molecular formula is C27H48O4. The molecule has 0 radical (unpaired) electrons. The maximum absolute atomic E-state index is 11.7. The van der Waals surface area contributed by atoms with Crippen molar-refractivity contribution in [3.8, 4) is 11.8 Å². The quantitative estimate of drug-likeness (QED) is 0.106. The number of unbranched alkanes of at least 4 members (excludes halogenated alkanes) is 13. The van der Waals surface area contributed by atoms with E-state index in [1.807, 2.05) is 6.92 Å². The average molecular weight is 437 g/mol. The minimum atomic E-state index is -0.343. The molecule has 0 bridgehead atoms. The number of ether oxygens (including phenoxy) is 2. The first kappa shape index (κ1) is 29.5. The van der Waals surface area contributed by atoms with Crippen LogP contribution in [0.4, 0.5) is 0 Å². The first-order chi connectivity index (χ1) is 15.1. The van der Waals surface area contributed by atoms with Gasteiger partial charge in [-0.05, 0) is 26.2 Å². The van der Waals surface area contributed by atoms with E-state index >= 15 is 0 Å². The van der Waals surface area contributed by atoms with Gasteiger partial charge in [0, 0.05) is 12.8 Å². The number of carbonyl (C=O) groups excluding carboxylic acids is 2. The number of rotatable bonds is 21. The summed E-state index contributed by atoms with van der Waals surface area (Å²) in [6, 6.07) is 0. The standard InChI is InChI=1S/C27H48O4/c1-4-7-8-9-10-11-12-13-14-15-16-17-18-19-24-30-26(28)22-20-23-27(29)31-25(6-3)21-5-2/h25H,4,6-20,22-24H2,1-3H3. The van der Waals surface area contributed by atoms with Gasteiger partial charge in [-0.1, -0.05) is 103 Å². The smallest absolute Gasteiger partial charge is 0.307 e. The fourth-order valence-electron chi connectivity index (χ4n) is 3.53. The van der Waals surface area contributed by atoms with E-state index in [2.05, 4.69) is 18.8 Å². The Morgan fingerprint density at radius 2 is 1.16 bits per heavy atom. The second kappa shape index (κ2) is 23.2. The second-order valence-electron chi connectivity index (χ2n) is 8.45. The molecule has 4 nitrogen and oxygen atoms in total. The molecular weight excluding hydrogens is 388 g/mol. The Bertz CT molecular complexity index is 489. The predicted octanol–water partition coefficient (Wildman–Crippen LogP) is 7.53. The monoisotopic (exact) mass is 436 g/mol. The van der Waals surface area contributed by atoms with Gasteiger partial charge < -0.3 is 9.47 Å². The third-order valence-corrected chi connectivity index (χ3v) is 5.47. The summed E-state index contributed by atoms with van der Waals surface area (Å²) >= 11 is 0. The van der Waals surface area contributed by atoms with E-state index in [-0.39, 0.29) is 30.9 Å². The van der Waals surface area contributed by atoms with Crippen molar-refractivity contribution >= 4 is 11.9 Å². The van der Waals surface area contributed by atoms with Gasteiger partial charge in [0.15, 0.2) is 6.10 Å². The van der Waals surface area contributed by atoms with Crippen LogP contribution in [0.1, 0.15) is 136 Å². The Labute approximate surface area is 192 Å². The Balaban J connectivity index is 3.37. The van der Waals surface area contributed by atoms with Gasteiger partial charge in [0.05, 0.1) is 6.61 Å². The van der Waals surface area contributed by atoms with Crippen molar-refractivity contribution < 1.29 is 19.1 Å². The van der Waals surface area contributed by atoms with E-state index in [9.17, 15) is 9.59 Å². The van der Waals surface area contributed by atoms with E-state index in [1.165, 1.54) is 77.0 Å². The molecule has 0 heterocycles. The normalized spacial score (nSPS) is 11.5. The molecule has 0 aliphatic heterocycles. The molecule has 1 atom stereocenters. The number of hydrogen-bond acceptors (Lipinski definition) is 4. The molecule has 0 aromatic heterocycles. The topological polar surface area (TPSA) is 52.6 Å². The van der Waals surface area contributed by atoms with Gasteiger partial charge in [-0.2, -0.15) is 0 Å². The number of carbonyl (C=O) groups is 2. The maximum Gasteiger partial charge on any atom is 0.307 e. The lowest BCUT2D eigenvalue weighted by atomic mass is 10.0. The second-order valence-corrected chi connectivity index (χ2v) is 8.45. The van der Waals surface area contributed by atoms with Crippen molar-refractivity contribution in [2.45, 2.75) is 142 Å². The van der Waals surface area contributed by atoms with Crippen LogP contribution in [0.15, 0.2) is 0 Å². The van der Waals surface area contributed by atoms with Crippen molar-refractivity contribution in [3.63, 3.8) is 0 Å². The zero-order chi connectivity index (χ0) is 23.0. The summed E-state index contributed by atoms with van der Waals surface area (Å²) < 4.78 is 10.5. The van der Waals surface area contributed by atoms with Crippen LogP contribution < -0.4 is 0 Å². The van der Waals surface area contributed by atoms with Crippen molar-refractivity contribution in [1.82, 2.24) is 0 Å². The molecule has 180 valence electrons. The fourth-order valence-corrected chi connectivity index (χ4v) is 3.53. The fraction of sp³-hybridized carbons (Fsp3) is 0.852. The van der Waals surface area contributed by atoms with Crippen molar-refractivity contribution in [3.05, 3.63) is 0 Å². The van der Waals surface area contributed by atoms with E-state index in [0.29, 0.717) is 19.4 Å². The lowest BCUT2D eigenvalue weighted by Gasteiger charge is -2.10. The molecule has 0 N–H and O–H groups in total. The molecule has 0 rings (SSSR count). The summed E-state index contributed by atoms with van der Waals surface area (Å²) in [5.74, 6) is 5.09. The third-order valence-electron chi connectivity index (χ3n) is 5.47. The van der Waals surface area contributed by atoms with E-state index in [4.69, 9.17) is 9.47 Å². The Kier molecular flexibility index (Phi) is 22.0. The van der Waals surface area contributed by atoms with Crippen LogP contribution in [0.2, 0.25) is 0 Å². The van der Waals surface area contributed by atoms with Gasteiger partial charge in [-0.15, -0.1) is 5.92 Å². The molecule has 0 amide bonds. The largest absolute Gasteiger partial charge is 0.466 e. The van der Waals surface area contributed by atoms with Gasteiger partial charge in [-0.3, -0.25) is 9.59 Å². The van der Waals surface area contributed by atoms with Gasteiger partial charge in [-0.25, -0.2) is 0 Å². The SMILES string of the molecule is CC#CC(CC)OC(=O)CCCC(=O)OCCCCCCCCCCCCCCCC. The summed E-state index contributed by atoms with van der Waals surface area (Å²) in [7, 11) is 0. The zero-order valence-corrected chi connectivity index (χ0v) is 20.6. The molecule has 4 heteroatoms. The maximum atomic E-state index is 11.7. The van der Waals surface area contributed by atoms with Gasteiger partial charge in [0.2, 0.25) is 0 Å². The first-order valence-corrected chi connectivity index (χ1v) is 12.9. The van der Waals surface area contributed by atoms with Crippen LogP contribution >= 0.6 is 0 Å². The molecule has 0 aromatic carbocycles. The van der Waals surface area contributed by atoms with E-state index < -0.39 is 0 Å². The lowest BCUT2D eigenvalue weighted by molar-refractivity contribution is -0.147. The molecule has 1 unspecified atom stereocenters. The molecule has 0 saturated carbocycles. The van der Waals surface area contributed by atoms with Crippen LogP contribution in [0, 0.1) is 11.8 Å². The molecule has 0 aromatic rings. The summed E-state index contributed by atoms with van der Waals surface area (Å²) in [5.41, 5.74) is 0. The number of esters is 2. The van der Waals surface area contributed by atoms with Gasteiger partial charge in [0.25, 0.3) is 0 Å². The highest BCUT2D eigenvalue weighted by Gasteiger charge is 2.11. The molecule has 0 saturated heterocycles. The summed E-state index contributed by atoms with van der Waals surface area (Å²) in [6.07, 6.45) is 19.7. The van der Waals surface area contributed by atoms with Crippen LogP contribution in [-0.2, 0) is 19.1 Å². The van der Waals surface area contributed by atoms with Crippen LogP contribution in [-0.4, -0.2) is 24.6 Å². The highest BCUT2D eigenvalue weighted by atomic mass is 16.5. The predicted molar refractivity (Wildman–Crippen MR) is 129 cm³/mol. The van der Waals surface area contributed by atoms with Gasteiger partial charge >= 0.3 is 11.9 Å². The van der Waals surface area contributed by atoms with Crippen LogP contribution in [0.5, 0.6) is 0 Å². The highest BCUT2D eigenvalue weighted by Crippen LogP contribution is 2.13. The minimum absolute atomic E-state index is 0.220. The van der Waals surface area contributed by atoms with E-state index in [0.717, 1.165) is 12.8 Å². The average Bonchev–Trinajstić information content (AvgIpc) is 2.76. The number of hydrogen-bond donors (Lipinski definition) is 0. The Hall–Kier alpha value is -1.50. The molecule has 0 aliphatic rings. The Morgan fingerprint density at radius 3 is 1.65 bits per heavy atom. The van der Waals surface area contributed by atoms with Crippen molar-refractivity contribution in [1.29, 1.82) is 0 Å². The summed E-state index contributed by atoms with van der Waals surface area (Å²) in [4.78, 5) is 23.5. The minimum Gasteiger partial charge on any atom is -0.466 e. The van der Waals surface area contributed by atoms with Crippen LogP contribution in [0.25, 0.3) is 0 Å². The molecule has 0 aliphatic carbocycles. The van der Waals surface area contributed by atoms with Crippen LogP contribution in [0.3, 0.4) is 0 Å². The first-order valence-electron chi connectivity index (χ1n) is 12.9. The molecule has 0 fully saturated rings. The Morgan fingerprint density at radius 1 is 0.677 bits per heavy atom.